The quantitative estimate of drug-likeness (QED) is 0.255. The predicted molar refractivity (Wildman–Crippen MR) is 194 cm³/mol. The smallest absolute Gasteiger partial charge is 0.338 e. The van der Waals surface area contributed by atoms with Crippen LogP contribution in [0.1, 0.15) is 75.2 Å². The number of ketones is 2. The molecule has 1 amide bonds. The van der Waals surface area contributed by atoms with Crippen LogP contribution in [-0.2, 0) is 19.1 Å². The Morgan fingerprint density at radius 1 is 1.06 bits per heavy atom. The molecule has 4 saturated carbocycles. The standard InChI is InChI=1S/C43H46N2O6/c1-23-16-33-32-11-9-29-19-31(46)12-14-42(29,3)39(32)34(47)20-43(33,4)38(23)35(48)22-51-41(50)27-7-5-6-26(17-27)36-24(2)37(36)40(49)45-30-10-8-28-21-44-15-13-25(28)18-30/h5-8,10,12-15,17-19,21,23-24,32-34,36-39,47H,9,11,16,20,22H2,1-4H3,(H,45,49)/t23-,24-,32+,33?,34+,36?,37?,38-,39?,42+,43+/m1/s1. The maximum absolute atomic E-state index is 13.9. The largest absolute Gasteiger partial charge is 0.454 e. The summed E-state index contributed by atoms with van der Waals surface area (Å²) < 4.78 is 5.69. The van der Waals surface area contributed by atoms with E-state index in [9.17, 15) is 24.3 Å². The summed E-state index contributed by atoms with van der Waals surface area (Å²) >= 11 is 0. The van der Waals surface area contributed by atoms with Crippen LogP contribution in [0.15, 0.2) is 84.7 Å². The summed E-state index contributed by atoms with van der Waals surface area (Å²) in [5.41, 5.74) is 2.34. The van der Waals surface area contributed by atoms with E-state index in [1.807, 2.05) is 43.3 Å². The van der Waals surface area contributed by atoms with E-state index >= 15 is 0 Å². The molecule has 8 rings (SSSR count). The van der Waals surface area contributed by atoms with Crippen LogP contribution in [-0.4, -0.2) is 46.2 Å². The Morgan fingerprint density at radius 2 is 1.88 bits per heavy atom. The normalized spacial score (nSPS) is 36.4. The van der Waals surface area contributed by atoms with Crippen molar-refractivity contribution in [2.24, 2.45) is 52.3 Å². The van der Waals surface area contributed by atoms with Gasteiger partial charge in [0.05, 0.1) is 11.7 Å². The average Bonchev–Trinajstić information content (AvgIpc) is 3.71. The third kappa shape index (κ3) is 5.57. The summed E-state index contributed by atoms with van der Waals surface area (Å²) in [5.74, 6) is -0.552. The first kappa shape index (κ1) is 33.7. The number of hydrogen-bond acceptors (Lipinski definition) is 7. The molecule has 11 atom stereocenters. The molecule has 2 aromatic carbocycles. The SMILES string of the molecule is C[C@H]1C(C(=O)Nc2ccc3cnccc3c2)C1c1cccc(C(=O)OCC(=O)[C@H]2[C@H](C)CC3[C@@H]4CCC5=CC(=O)C=C[C@]5(C)C4[C@@H](O)C[C@@]32C)c1. The molecule has 5 aliphatic rings. The fourth-order valence-electron chi connectivity index (χ4n) is 11.3. The summed E-state index contributed by atoms with van der Waals surface area (Å²) in [5, 5.41) is 16.8. The topological polar surface area (TPSA) is 123 Å². The van der Waals surface area contributed by atoms with Gasteiger partial charge in [0.2, 0.25) is 5.91 Å². The van der Waals surface area contributed by atoms with Gasteiger partial charge in [0.1, 0.15) is 0 Å². The molecular weight excluding hydrogens is 640 g/mol. The Labute approximate surface area is 298 Å². The number of aliphatic hydroxyl groups excluding tert-OH is 1. The summed E-state index contributed by atoms with van der Waals surface area (Å²) in [7, 11) is 0. The molecule has 4 fully saturated rings. The molecule has 1 heterocycles. The van der Waals surface area contributed by atoms with Crippen molar-refractivity contribution in [3.63, 3.8) is 0 Å². The van der Waals surface area contributed by atoms with Crippen molar-refractivity contribution in [2.75, 3.05) is 11.9 Å². The number of Topliss-reactive ketones (excluding diaryl/α,β-unsaturated/α-hetero) is 1. The molecule has 0 saturated heterocycles. The first-order valence-corrected chi connectivity index (χ1v) is 18.5. The van der Waals surface area contributed by atoms with Gasteiger partial charge in [0, 0.05) is 46.6 Å². The molecule has 264 valence electrons. The van der Waals surface area contributed by atoms with Crippen LogP contribution < -0.4 is 5.32 Å². The molecule has 4 unspecified atom stereocenters. The van der Waals surface area contributed by atoms with Crippen molar-refractivity contribution < 1.29 is 29.0 Å². The summed E-state index contributed by atoms with van der Waals surface area (Å²) in [6.07, 6.45) is 11.4. The van der Waals surface area contributed by atoms with Crippen LogP contribution in [0.5, 0.6) is 0 Å². The molecule has 1 aromatic heterocycles. The average molecular weight is 687 g/mol. The number of nitrogens with zero attached hydrogens (tertiary/aromatic N) is 1. The number of ether oxygens (including phenoxy) is 1. The highest BCUT2D eigenvalue weighted by molar-refractivity contribution is 6.01. The van der Waals surface area contributed by atoms with Gasteiger partial charge >= 0.3 is 5.97 Å². The van der Waals surface area contributed by atoms with Gasteiger partial charge in [-0.25, -0.2) is 4.79 Å². The summed E-state index contributed by atoms with van der Waals surface area (Å²) in [4.78, 5) is 56.9. The minimum atomic E-state index is -0.602. The van der Waals surface area contributed by atoms with Gasteiger partial charge in [-0.2, -0.15) is 0 Å². The Morgan fingerprint density at radius 3 is 2.71 bits per heavy atom. The number of rotatable bonds is 7. The van der Waals surface area contributed by atoms with E-state index in [2.05, 4.69) is 31.1 Å². The van der Waals surface area contributed by atoms with E-state index in [0.29, 0.717) is 12.0 Å². The lowest BCUT2D eigenvalue weighted by Crippen LogP contribution is -2.56. The minimum Gasteiger partial charge on any atom is -0.454 e. The lowest BCUT2D eigenvalue weighted by atomic mass is 9.46. The lowest BCUT2D eigenvalue weighted by molar-refractivity contribution is -0.142. The molecule has 0 spiro atoms. The van der Waals surface area contributed by atoms with E-state index in [1.165, 1.54) is 0 Å². The zero-order valence-electron chi connectivity index (χ0n) is 29.7. The van der Waals surface area contributed by atoms with Crippen LogP contribution in [0.2, 0.25) is 0 Å². The van der Waals surface area contributed by atoms with E-state index in [0.717, 1.165) is 46.9 Å². The van der Waals surface area contributed by atoms with E-state index < -0.39 is 17.5 Å². The Kier molecular flexibility index (Phi) is 8.17. The van der Waals surface area contributed by atoms with Crippen LogP contribution in [0.25, 0.3) is 10.8 Å². The lowest BCUT2D eigenvalue weighted by Gasteiger charge is -2.58. The van der Waals surface area contributed by atoms with E-state index in [-0.39, 0.29) is 76.8 Å². The van der Waals surface area contributed by atoms with Crippen molar-refractivity contribution in [3.05, 3.63) is 95.9 Å². The third-order valence-corrected chi connectivity index (χ3v) is 13.6. The zero-order chi connectivity index (χ0) is 35.8. The molecular formula is C43H46N2O6. The fraction of sp³-hybridized carbons (Fsp3) is 0.465. The van der Waals surface area contributed by atoms with E-state index in [4.69, 9.17) is 4.74 Å². The van der Waals surface area contributed by atoms with Crippen LogP contribution in [0.4, 0.5) is 5.69 Å². The zero-order valence-corrected chi connectivity index (χ0v) is 29.7. The van der Waals surface area contributed by atoms with Crippen molar-refractivity contribution >= 4 is 39.9 Å². The number of fused-ring (bicyclic) bond motifs is 6. The molecule has 2 N–H and O–H groups in total. The number of carbonyl (C=O) groups excluding carboxylic acids is 4. The number of aliphatic hydroxyl groups is 1. The second kappa shape index (κ2) is 12.4. The Bertz CT molecular complexity index is 2020. The first-order chi connectivity index (χ1) is 24.4. The van der Waals surface area contributed by atoms with Crippen LogP contribution in [0.3, 0.4) is 0 Å². The van der Waals surface area contributed by atoms with Gasteiger partial charge in [-0.1, -0.05) is 57.5 Å². The summed E-state index contributed by atoms with van der Waals surface area (Å²) in [6.45, 7) is 8.16. The first-order valence-electron chi connectivity index (χ1n) is 18.5. The predicted octanol–water partition coefficient (Wildman–Crippen LogP) is 7.09. The highest BCUT2D eigenvalue weighted by Crippen LogP contribution is 2.67. The second-order valence-corrected chi connectivity index (χ2v) is 16.5. The molecule has 8 nitrogen and oxygen atoms in total. The highest BCUT2D eigenvalue weighted by Gasteiger charge is 2.64. The second-order valence-electron chi connectivity index (χ2n) is 16.5. The van der Waals surface area contributed by atoms with Gasteiger partial charge in [0.15, 0.2) is 18.2 Å². The number of amides is 1. The minimum absolute atomic E-state index is 0.00221. The Balaban J connectivity index is 0.916. The highest BCUT2D eigenvalue weighted by atomic mass is 16.5. The number of aromatic nitrogens is 1. The number of anilines is 1. The number of pyridine rings is 1. The van der Waals surface area contributed by atoms with Crippen molar-refractivity contribution in [1.82, 2.24) is 4.98 Å². The maximum Gasteiger partial charge on any atom is 0.338 e. The number of carbonyl (C=O) groups is 4. The van der Waals surface area contributed by atoms with Gasteiger partial charge in [-0.3, -0.25) is 19.4 Å². The molecule has 0 aliphatic heterocycles. The number of allylic oxidation sites excluding steroid dienone is 4. The number of nitrogens with one attached hydrogen (secondary N) is 1. The third-order valence-electron chi connectivity index (χ3n) is 13.6. The van der Waals surface area contributed by atoms with Crippen LogP contribution in [0, 0.1) is 52.3 Å². The Hall–Kier alpha value is -4.43. The molecule has 0 bridgehead atoms. The van der Waals surface area contributed by atoms with Gasteiger partial charge in [0.25, 0.3) is 0 Å². The van der Waals surface area contributed by atoms with Crippen molar-refractivity contribution in [2.45, 2.75) is 65.4 Å². The molecule has 5 aliphatic carbocycles. The maximum atomic E-state index is 13.9. The van der Waals surface area contributed by atoms with Crippen LogP contribution >= 0.6 is 0 Å². The van der Waals surface area contributed by atoms with Crippen molar-refractivity contribution in [3.8, 4) is 0 Å². The molecule has 0 radical (unpaired) electrons. The number of benzene rings is 2. The summed E-state index contributed by atoms with van der Waals surface area (Å²) in [6, 6.07) is 14.9. The molecule has 51 heavy (non-hydrogen) atoms. The number of hydrogen-bond donors (Lipinski definition) is 2. The molecule has 8 heteroatoms. The van der Waals surface area contributed by atoms with E-state index in [1.54, 1.807) is 42.7 Å². The van der Waals surface area contributed by atoms with Gasteiger partial charge in [-0.05, 0) is 114 Å². The van der Waals surface area contributed by atoms with Crippen molar-refractivity contribution in [1.29, 1.82) is 0 Å². The van der Waals surface area contributed by atoms with Gasteiger partial charge < -0.3 is 15.2 Å². The number of esters is 1. The molecule has 3 aromatic rings. The fourth-order valence-corrected chi connectivity index (χ4v) is 11.3. The van der Waals surface area contributed by atoms with Gasteiger partial charge in [-0.15, -0.1) is 0 Å². The monoisotopic (exact) mass is 686 g/mol.